The molecule has 0 heterocycles. The first kappa shape index (κ1) is 8.16. The van der Waals surface area contributed by atoms with Gasteiger partial charge in [0.1, 0.15) is 0 Å². The molecule has 0 aromatic rings. The molecule has 0 fully saturated rings. The lowest BCUT2D eigenvalue weighted by atomic mass is 10.1. The number of hydrogen-bond acceptors (Lipinski definition) is 1. The largest absolute Gasteiger partial charge is 0.198 e. The minimum absolute atomic E-state index is 0.280. The van der Waals surface area contributed by atoms with E-state index in [0.717, 1.165) is 0 Å². The Hall–Kier alpha value is -0.840. The lowest BCUT2D eigenvalue weighted by Crippen LogP contribution is -1.95. The van der Waals surface area contributed by atoms with E-state index < -0.39 is 5.97 Å². The molecule has 0 spiro atoms. The maximum atomic E-state index is 12.3. The van der Waals surface area contributed by atoms with Gasteiger partial charge in [0, 0.05) is 12.5 Å². The van der Waals surface area contributed by atoms with Gasteiger partial charge in [-0.25, -0.2) is 0 Å². The van der Waals surface area contributed by atoms with Gasteiger partial charge < -0.3 is 0 Å². The predicted octanol–water partition coefficient (Wildman–Crippen LogP) is 1.99. The Morgan fingerprint density at radius 2 is 2.33 bits per heavy atom. The van der Waals surface area contributed by atoms with Gasteiger partial charge in [-0.1, -0.05) is 20.3 Å². The van der Waals surface area contributed by atoms with Crippen molar-refractivity contribution in [1.82, 2.24) is 0 Å². The van der Waals surface area contributed by atoms with Crippen molar-refractivity contribution in [1.29, 1.82) is 0 Å². The summed E-state index contributed by atoms with van der Waals surface area (Å²) in [4.78, 5) is 3.14. The SMILES string of the molecule is C#CN=C(F)CC(C)C. The van der Waals surface area contributed by atoms with E-state index in [4.69, 9.17) is 6.42 Å². The molecule has 0 radical (unpaired) electrons. The first-order valence-electron chi connectivity index (χ1n) is 2.84. The highest BCUT2D eigenvalue weighted by atomic mass is 19.1. The third kappa shape index (κ3) is 5.02. The molecule has 0 aromatic carbocycles. The van der Waals surface area contributed by atoms with Crippen molar-refractivity contribution < 1.29 is 4.39 Å². The van der Waals surface area contributed by atoms with Crippen LogP contribution >= 0.6 is 0 Å². The molecule has 0 aliphatic rings. The van der Waals surface area contributed by atoms with Crippen molar-refractivity contribution in [2.45, 2.75) is 20.3 Å². The Morgan fingerprint density at radius 1 is 1.78 bits per heavy atom. The van der Waals surface area contributed by atoms with Gasteiger partial charge in [0.15, 0.2) is 5.97 Å². The molecule has 9 heavy (non-hydrogen) atoms. The first-order valence-corrected chi connectivity index (χ1v) is 2.84. The monoisotopic (exact) mass is 127 g/mol. The van der Waals surface area contributed by atoms with E-state index in [0.29, 0.717) is 6.42 Å². The molecule has 0 saturated carbocycles. The zero-order valence-electron chi connectivity index (χ0n) is 5.69. The van der Waals surface area contributed by atoms with E-state index in [2.05, 4.69) is 4.99 Å². The lowest BCUT2D eigenvalue weighted by molar-refractivity contribution is 0.631. The summed E-state index contributed by atoms with van der Waals surface area (Å²) in [7, 11) is 0. The average Bonchev–Trinajstić information content (AvgIpc) is 1.63. The van der Waals surface area contributed by atoms with E-state index >= 15 is 0 Å². The van der Waals surface area contributed by atoms with E-state index in [1.807, 2.05) is 19.9 Å². The molecule has 0 amide bonds. The van der Waals surface area contributed by atoms with Crippen LogP contribution in [0.15, 0.2) is 4.99 Å². The molecule has 1 nitrogen and oxygen atoms in total. The van der Waals surface area contributed by atoms with Gasteiger partial charge in [0.05, 0.1) is 0 Å². The van der Waals surface area contributed by atoms with Crippen molar-refractivity contribution in [2.24, 2.45) is 10.9 Å². The highest BCUT2D eigenvalue weighted by Gasteiger charge is 1.98. The molecule has 0 saturated heterocycles. The second-order valence-electron chi connectivity index (χ2n) is 2.22. The summed E-state index contributed by atoms with van der Waals surface area (Å²) >= 11 is 0. The standard InChI is InChI=1S/C7H10FN/c1-4-9-7(8)5-6(2)3/h1,6H,5H2,2-3H3. The molecule has 0 aliphatic carbocycles. The molecule has 0 rings (SSSR count). The fraction of sp³-hybridized carbons (Fsp3) is 0.571. The molecular formula is C7H10FN. The van der Waals surface area contributed by atoms with Crippen LogP contribution in [-0.2, 0) is 0 Å². The topological polar surface area (TPSA) is 12.4 Å². The molecule has 2 heteroatoms. The molecule has 0 bridgehead atoms. The van der Waals surface area contributed by atoms with Crippen molar-refractivity contribution >= 4 is 5.97 Å². The van der Waals surface area contributed by atoms with Gasteiger partial charge in [0.25, 0.3) is 0 Å². The van der Waals surface area contributed by atoms with Crippen LogP contribution in [0, 0.1) is 18.4 Å². The minimum atomic E-state index is -0.451. The van der Waals surface area contributed by atoms with Gasteiger partial charge in [0.2, 0.25) is 0 Å². The second-order valence-corrected chi connectivity index (χ2v) is 2.22. The number of terminal acetylenes is 1. The highest BCUT2D eigenvalue weighted by molar-refractivity contribution is 5.75. The van der Waals surface area contributed by atoms with Crippen molar-refractivity contribution in [3.05, 3.63) is 0 Å². The second kappa shape index (κ2) is 4.08. The van der Waals surface area contributed by atoms with Crippen LogP contribution in [0.5, 0.6) is 0 Å². The van der Waals surface area contributed by atoms with E-state index in [1.54, 1.807) is 0 Å². The number of aliphatic imine (C=N–C) groups is 1. The van der Waals surface area contributed by atoms with Gasteiger partial charge in [-0.15, -0.1) is 0 Å². The molecule has 0 atom stereocenters. The maximum Gasteiger partial charge on any atom is 0.198 e. The van der Waals surface area contributed by atoms with Crippen LogP contribution in [0.2, 0.25) is 0 Å². The molecule has 50 valence electrons. The minimum Gasteiger partial charge on any atom is -0.189 e. The van der Waals surface area contributed by atoms with Crippen LogP contribution in [-0.4, -0.2) is 5.97 Å². The summed E-state index contributed by atoms with van der Waals surface area (Å²) in [5, 5.41) is 0. The van der Waals surface area contributed by atoms with Crippen LogP contribution in [0.1, 0.15) is 20.3 Å². The van der Waals surface area contributed by atoms with Gasteiger partial charge in [-0.05, 0) is 5.92 Å². The Balaban J connectivity index is 3.66. The smallest absolute Gasteiger partial charge is 0.189 e. The molecular weight excluding hydrogens is 117 g/mol. The summed E-state index contributed by atoms with van der Waals surface area (Å²) in [6.45, 7) is 3.82. The highest BCUT2D eigenvalue weighted by Crippen LogP contribution is 2.01. The molecule has 0 N–H and O–H groups in total. The summed E-state index contributed by atoms with van der Waals surface area (Å²) in [6.07, 6.45) is 5.07. The lowest BCUT2D eigenvalue weighted by Gasteiger charge is -1.96. The Labute approximate surface area is 55.0 Å². The number of rotatable bonds is 2. The third-order valence-corrected chi connectivity index (χ3v) is 0.763. The number of halogens is 1. The van der Waals surface area contributed by atoms with Crippen LogP contribution < -0.4 is 0 Å². The average molecular weight is 127 g/mol. The summed E-state index contributed by atoms with van der Waals surface area (Å²) < 4.78 is 12.3. The summed E-state index contributed by atoms with van der Waals surface area (Å²) in [5.74, 6) is -0.172. The van der Waals surface area contributed by atoms with Crippen LogP contribution in [0.3, 0.4) is 0 Å². The molecule has 0 aliphatic heterocycles. The van der Waals surface area contributed by atoms with Crippen molar-refractivity contribution in [3.8, 4) is 12.5 Å². The van der Waals surface area contributed by atoms with Crippen molar-refractivity contribution in [3.63, 3.8) is 0 Å². The number of hydrogen-bond donors (Lipinski definition) is 0. The fourth-order valence-corrected chi connectivity index (χ4v) is 0.453. The normalized spacial score (nSPS) is 11.7. The maximum absolute atomic E-state index is 12.3. The Kier molecular flexibility index (Phi) is 3.70. The van der Waals surface area contributed by atoms with Crippen LogP contribution in [0.25, 0.3) is 0 Å². The Morgan fingerprint density at radius 3 is 2.67 bits per heavy atom. The predicted molar refractivity (Wildman–Crippen MR) is 36.8 cm³/mol. The first-order chi connectivity index (χ1) is 4.16. The van der Waals surface area contributed by atoms with Gasteiger partial charge in [-0.3, -0.25) is 0 Å². The van der Waals surface area contributed by atoms with E-state index in [-0.39, 0.29) is 5.92 Å². The summed E-state index contributed by atoms with van der Waals surface area (Å²) in [6, 6.07) is 1.89. The molecule has 0 unspecified atom stereocenters. The van der Waals surface area contributed by atoms with Crippen molar-refractivity contribution in [2.75, 3.05) is 0 Å². The third-order valence-electron chi connectivity index (χ3n) is 0.763. The summed E-state index contributed by atoms with van der Waals surface area (Å²) in [5.41, 5.74) is 0. The van der Waals surface area contributed by atoms with Crippen LogP contribution in [0.4, 0.5) is 4.39 Å². The Bertz CT molecular complexity index is 141. The zero-order valence-corrected chi connectivity index (χ0v) is 5.69. The van der Waals surface area contributed by atoms with Gasteiger partial charge >= 0.3 is 0 Å². The zero-order chi connectivity index (χ0) is 7.28. The molecule has 0 aromatic heterocycles. The quantitative estimate of drug-likeness (QED) is 0.397. The van der Waals surface area contributed by atoms with E-state index in [9.17, 15) is 4.39 Å². The van der Waals surface area contributed by atoms with E-state index in [1.165, 1.54) is 0 Å². The fourth-order valence-electron chi connectivity index (χ4n) is 0.453. The van der Waals surface area contributed by atoms with Gasteiger partial charge in [-0.2, -0.15) is 9.38 Å². The number of nitrogens with zero attached hydrogens (tertiary/aromatic N) is 1.